The van der Waals surface area contributed by atoms with Crippen LogP contribution in [0.4, 0.5) is 5.82 Å². The summed E-state index contributed by atoms with van der Waals surface area (Å²) < 4.78 is 26.1. The molecule has 0 aromatic carbocycles. The minimum atomic E-state index is -3.45. The number of rotatable bonds is 6. The van der Waals surface area contributed by atoms with Crippen LogP contribution in [0.25, 0.3) is 0 Å². The molecule has 0 bridgehead atoms. The van der Waals surface area contributed by atoms with Crippen molar-refractivity contribution in [3.8, 4) is 0 Å². The predicted molar refractivity (Wildman–Crippen MR) is 68.5 cm³/mol. The third kappa shape index (κ3) is 2.95. The zero-order valence-corrected chi connectivity index (χ0v) is 11.3. The summed E-state index contributed by atoms with van der Waals surface area (Å²) in [6.07, 6.45) is 1.58. The second-order valence-corrected chi connectivity index (χ2v) is 5.38. The summed E-state index contributed by atoms with van der Waals surface area (Å²) in [6, 6.07) is 3.22. The van der Waals surface area contributed by atoms with Gasteiger partial charge in [0.1, 0.15) is 10.7 Å². The number of hydrogen-bond acceptors (Lipinski definition) is 4. The van der Waals surface area contributed by atoms with Crippen molar-refractivity contribution >= 4 is 15.8 Å². The molecule has 0 amide bonds. The fraction of sp³-hybridized carbons (Fsp3) is 0.545. The Kier molecular flexibility index (Phi) is 4.89. The average Bonchev–Trinajstić information content (AvgIpc) is 2.31. The fourth-order valence-electron chi connectivity index (χ4n) is 1.60. The van der Waals surface area contributed by atoms with Crippen molar-refractivity contribution in [1.82, 2.24) is 9.29 Å². The SMILES string of the molecule is CCNc1ncccc1S(=O)(=O)N(CC)CC. The molecule has 17 heavy (non-hydrogen) atoms. The van der Waals surface area contributed by atoms with Crippen molar-refractivity contribution in [2.24, 2.45) is 0 Å². The molecule has 6 heteroatoms. The highest BCUT2D eigenvalue weighted by Gasteiger charge is 2.24. The van der Waals surface area contributed by atoms with Gasteiger partial charge in [0, 0.05) is 25.8 Å². The number of anilines is 1. The van der Waals surface area contributed by atoms with Gasteiger partial charge < -0.3 is 5.32 Å². The van der Waals surface area contributed by atoms with Gasteiger partial charge >= 0.3 is 0 Å². The number of nitrogens with zero attached hydrogens (tertiary/aromatic N) is 2. The van der Waals surface area contributed by atoms with Gasteiger partial charge in [-0.05, 0) is 19.1 Å². The van der Waals surface area contributed by atoms with Crippen LogP contribution >= 0.6 is 0 Å². The molecule has 0 spiro atoms. The van der Waals surface area contributed by atoms with E-state index >= 15 is 0 Å². The van der Waals surface area contributed by atoms with Gasteiger partial charge in [0.15, 0.2) is 0 Å². The van der Waals surface area contributed by atoms with E-state index in [1.807, 2.05) is 20.8 Å². The second kappa shape index (κ2) is 5.97. The summed E-state index contributed by atoms with van der Waals surface area (Å²) in [6.45, 7) is 7.10. The Balaban J connectivity index is 3.23. The minimum Gasteiger partial charge on any atom is -0.369 e. The van der Waals surface area contributed by atoms with E-state index < -0.39 is 10.0 Å². The highest BCUT2D eigenvalue weighted by Crippen LogP contribution is 2.21. The van der Waals surface area contributed by atoms with Crippen molar-refractivity contribution in [3.05, 3.63) is 18.3 Å². The van der Waals surface area contributed by atoms with E-state index in [-0.39, 0.29) is 4.90 Å². The first kappa shape index (κ1) is 13.9. The molecule has 1 aromatic rings. The standard InChI is InChI=1S/C11H19N3O2S/c1-4-12-11-10(8-7-9-13-11)17(15,16)14(5-2)6-3/h7-9H,4-6H2,1-3H3,(H,12,13). The number of aromatic nitrogens is 1. The van der Waals surface area contributed by atoms with Crippen LogP contribution < -0.4 is 5.32 Å². The molecule has 0 fully saturated rings. The third-order valence-corrected chi connectivity index (χ3v) is 4.52. The van der Waals surface area contributed by atoms with E-state index in [1.165, 1.54) is 4.31 Å². The molecule has 1 N–H and O–H groups in total. The number of hydrogen-bond donors (Lipinski definition) is 1. The molecular formula is C11H19N3O2S. The first-order valence-corrected chi connectivity index (χ1v) is 7.20. The van der Waals surface area contributed by atoms with Gasteiger partial charge in [0.05, 0.1) is 0 Å². The highest BCUT2D eigenvalue weighted by molar-refractivity contribution is 7.89. The second-order valence-electron chi connectivity index (χ2n) is 3.47. The molecule has 1 rings (SSSR count). The van der Waals surface area contributed by atoms with Crippen molar-refractivity contribution in [3.63, 3.8) is 0 Å². The molecule has 0 aliphatic rings. The molecule has 0 aliphatic carbocycles. The summed E-state index contributed by atoms with van der Waals surface area (Å²) in [4.78, 5) is 4.31. The normalized spacial score (nSPS) is 11.8. The molecule has 1 heterocycles. The van der Waals surface area contributed by atoms with Gasteiger partial charge in [-0.15, -0.1) is 0 Å². The summed E-state index contributed by atoms with van der Waals surface area (Å²) in [5.74, 6) is 0.418. The summed E-state index contributed by atoms with van der Waals surface area (Å²) in [5.41, 5.74) is 0. The Morgan fingerprint density at radius 2 is 1.94 bits per heavy atom. The monoisotopic (exact) mass is 257 g/mol. The average molecular weight is 257 g/mol. The molecule has 96 valence electrons. The van der Waals surface area contributed by atoms with Crippen LogP contribution in [0.15, 0.2) is 23.2 Å². The Bertz CT molecular complexity index is 456. The smallest absolute Gasteiger partial charge is 0.246 e. The lowest BCUT2D eigenvalue weighted by Crippen LogP contribution is -2.31. The molecule has 0 aliphatic heterocycles. The van der Waals surface area contributed by atoms with E-state index in [4.69, 9.17) is 0 Å². The summed E-state index contributed by atoms with van der Waals surface area (Å²) in [7, 11) is -3.45. The Labute approximate surface area is 103 Å². The zero-order valence-electron chi connectivity index (χ0n) is 10.5. The minimum absolute atomic E-state index is 0.241. The van der Waals surface area contributed by atoms with Crippen LogP contribution in [0.2, 0.25) is 0 Å². The maximum Gasteiger partial charge on any atom is 0.246 e. The maximum atomic E-state index is 12.3. The first-order chi connectivity index (χ1) is 8.07. The number of pyridine rings is 1. The van der Waals surface area contributed by atoms with Crippen molar-refractivity contribution in [1.29, 1.82) is 0 Å². The molecule has 5 nitrogen and oxygen atoms in total. The molecule has 0 unspecified atom stereocenters. The van der Waals surface area contributed by atoms with Crippen LogP contribution in [-0.4, -0.2) is 37.3 Å². The largest absolute Gasteiger partial charge is 0.369 e. The quantitative estimate of drug-likeness (QED) is 0.839. The number of sulfonamides is 1. The van der Waals surface area contributed by atoms with Gasteiger partial charge in [-0.1, -0.05) is 13.8 Å². The van der Waals surface area contributed by atoms with E-state index in [2.05, 4.69) is 10.3 Å². The van der Waals surface area contributed by atoms with Crippen LogP contribution in [0, 0.1) is 0 Å². The third-order valence-electron chi connectivity index (χ3n) is 2.44. The molecule has 0 saturated carbocycles. The van der Waals surface area contributed by atoms with Crippen molar-refractivity contribution in [2.45, 2.75) is 25.7 Å². The van der Waals surface area contributed by atoms with Crippen molar-refractivity contribution < 1.29 is 8.42 Å². The predicted octanol–water partition coefficient (Wildman–Crippen LogP) is 1.54. The summed E-state index contributed by atoms with van der Waals surface area (Å²) >= 11 is 0. The Morgan fingerprint density at radius 1 is 1.29 bits per heavy atom. The molecule has 0 radical (unpaired) electrons. The Morgan fingerprint density at radius 3 is 2.47 bits per heavy atom. The van der Waals surface area contributed by atoms with Crippen LogP contribution in [0.5, 0.6) is 0 Å². The first-order valence-electron chi connectivity index (χ1n) is 5.76. The van der Waals surface area contributed by atoms with Crippen LogP contribution in [-0.2, 0) is 10.0 Å². The molecule has 1 aromatic heterocycles. The van der Waals surface area contributed by atoms with E-state index in [9.17, 15) is 8.42 Å². The van der Waals surface area contributed by atoms with Gasteiger partial charge in [0.2, 0.25) is 10.0 Å². The van der Waals surface area contributed by atoms with E-state index in [0.717, 1.165) is 0 Å². The van der Waals surface area contributed by atoms with E-state index in [1.54, 1.807) is 18.3 Å². The van der Waals surface area contributed by atoms with Crippen LogP contribution in [0.3, 0.4) is 0 Å². The zero-order chi connectivity index (χ0) is 12.9. The van der Waals surface area contributed by atoms with Gasteiger partial charge in [-0.3, -0.25) is 0 Å². The van der Waals surface area contributed by atoms with Gasteiger partial charge in [-0.25, -0.2) is 13.4 Å². The lowest BCUT2D eigenvalue weighted by Gasteiger charge is -2.19. The fourth-order valence-corrected chi connectivity index (χ4v) is 3.18. The van der Waals surface area contributed by atoms with Gasteiger partial charge in [0.25, 0.3) is 0 Å². The maximum absolute atomic E-state index is 12.3. The van der Waals surface area contributed by atoms with E-state index in [0.29, 0.717) is 25.5 Å². The summed E-state index contributed by atoms with van der Waals surface area (Å²) in [5, 5.41) is 2.97. The lowest BCUT2D eigenvalue weighted by atomic mass is 10.4. The Hall–Kier alpha value is -1.14. The highest BCUT2D eigenvalue weighted by atomic mass is 32.2. The topological polar surface area (TPSA) is 62.3 Å². The van der Waals surface area contributed by atoms with Crippen molar-refractivity contribution in [2.75, 3.05) is 25.0 Å². The van der Waals surface area contributed by atoms with Gasteiger partial charge in [-0.2, -0.15) is 4.31 Å². The number of nitrogens with one attached hydrogen (secondary N) is 1. The molecule has 0 saturated heterocycles. The molecule has 0 atom stereocenters. The lowest BCUT2D eigenvalue weighted by molar-refractivity contribution is 0.445. The molecular weight excluding hydrogens is 238 g/mol. The van der Waals surface area contributed by atoms with Crippen LogP contribution in [0.1, 0.15) is 20.8 Å².